The Morgan fingerprint density at radius 1 is 1.36 bits per heavy atom. The number of aromatic amines is 1. The normalized spacial score (nSPS) is 21.6. The fourth-order valence-electron chi connectivity index (χ4n) is 3.46. The Morgan fingerprint density at radius 2 is 2.18 bits per heavy atom. The van der Waals surface area contributed by atoms with Crippen molar-refractivity contribution in [1.82, 2.24) is 9.88 Å². The average Bonchev–Trinajstić information content (AvgIpc) is 3.14. The van der Waals surface area contributed by atoms with E-state index in [2.05, 4.69) is 28.9 Å². The van der Waals surface area contributed by atoms with Gasteiger partial charge < -0.3 is 15.6 Å². The van der Waals surface area contributed by atoms with E-state index in [1.807, 2.05) is 23.9 Å². The molecule has 0 amide bonds. The molecule has 1 aromatic carbocycles. The van der Waals surface area contributed by atoms with E-state index in [1.54, 1.807) is 0 Å². The van der Waals surface area contributed by atoms with Gasteiger partial charge in [-0.1, -0.05) is 30.8 Å². The maximum Gasteiger partial charge on any atom is 0.115 e. The molecule has 0 bridgehead atoms. The summed E-state index contributed by atoms with van der Waals surface area (Å²) in [5.41, 5.74) is 9.00. The van der Waals surface area contributed by atoms with E-state index in [9.17, 15) is 0 Å². The number of aromatic nitrogens is 1. The summed E-state index contributed by atoms with van der Waals surface area (Å²) in [6.45, 7) is 6.76. The van der Waals surface area contributed by atoms with Gasteiger partial charge in [-0.2, -0.15) is 0 Å². The smallest absolute Gasteiger partial charge is 0.115 e. The van der Waals surface area contributed by atoms with Gasteiger partial charge in [0.2, 0.25) is 0 Å². The third kappa shape index (κ3) is 2.32. The second-order valence-corrected chi connectivity index (χ2v) is 7.79. The van der Waals surface area contributed by atoms with Crippen molar-refractivity contribution in [1.29, 1.82) is 0 Å². The number of nitrogens with one attached hydrogen (secondary N) is 1. The number of aliphatic imine (C=N–C) groups is 1. The van der Waals surface area contributed by atoms with Crippen molar-refractivity contribution in [2.24, 2.45) is 4.99 Å². The topological polar surface area (TPSA) is 57.4 Å². The van der Waals surface area contributed by atoms with E-state index in [1.165, 1.54) is 31.3 Å². The molecule has 5 heteroatoms. The minimum atomic E-state index is 0.323. The Bertz CT molecular complexity index is 725. The molecule has 1 fully saturated rings. The van der Waals surface area contributed by atoms with E-state index in [0.717, 1.165) is 35.0 Å². The molecule has 3 heterocycles. The number of para-hydroxylation sites is 1. The molecule has 0 saturated carbocycles. The summed E-state index contributed by atoms with van der Waals surface area (Å²) in [5.74, 6) is 0. The highest BCUT2D eigenvalue weighted by Gasteiger charge is 2.40. The number of hydrogen-bond donors (Lipinski definition) is 2. The minimum Gasteiger partial charge on any atom is -0.397 e. The molecule has 22 heavy (non-hydrogen) atoms. The highest BCUT2D eigenvalue weighted by atomic mass is 32.2. The van der Waals surface area contributed by atoms with E-state index in [0.29, 0.717) is 4.75 Å². The Balaban J connectivity index is 1.56. The van der Waals surface area contributed by atoms with Gasteiger partial charge in [-0.3, -0.25) is 4.99 Å². The summed E-state index contributed by atoms with van der Waals surface area (Å²) < 4.78 is 0.323. The first-order valence-electron chi connectivity index (χ1n) is 8.02. The van der Waals surface area contributed by atoms with Crippen LogP contribution < -0.4 is 5.73 Å². The first-order chi connectivity index (χ1) is 10.7. The van der Waals surface area contributed by atoms with E-state index in [-0.39, 0.29) is 0 Å². The third-order valence-corrected chi connectivity index (χ3v) is 6.47. The molecule has 0 radical (unpaired) electrons. The average molecular weight is 314 g/mol. The molecule has 0 unspecified atom stereocenters. The zero-order valence-corrected chi connectivity index (χ0v) is 13.7. The Morgan fingerprint density at radius 3 is 2.91 bits per heavy atom. The van der Waals surface area contributed by atoms with Gasteiger partial charge in [0.1, 0.15) is 5.04 Å². The second kappa shape index (κ2) is 5.32. The number of nitrogens with zero attached hydrogens (tertiary/aromatic N) is 2. The van der Waals surface area contributed by atoms with Crippen molar-refractivity contribution in [2.45, 2.75) is 24.5 Å². The highest BCUT2D eigenvalue weighted by molar-refractivity contribution is 8.15. The summed E-state index contributed by atoms with van der Waals surface area (Å²) >= 11 is 1.97. The fourth-order valence-corrected chi connectivity index (χ4v) is 4.73. The van der Waals surface area contributed by atoms with Crippen LogP contribution in [0, 0.1) is 0 Å². The molecule has 2 aliphatic heterocycles. The van der Waals surface area contributed by atoms with Gasteiger partial charge in [0.25, 0.3) is 0 Å². The predicted molar refractivity (Wildman–Crippen MR) is 95.8 cm³/mol. The number of likely N-dealkylation sites (tertiary alicyclic amines) is 1. The Labute approximate surface area is 135 Å². The highest BCUT2D eigenvalue weighted by Crippen LogP contribution is 2.43. The van der Waals surface area contributed by atoms with Crippen molar-refractivity contribution in [3.05, 3.63) is 30.0 Å². The molecular formula is C17H22N4S. The lowest BCUT2D eigenvalue weighted by atomic mass is 9.96. The van der Waals surface area contributed by atoms with Crippen molar-refractivity contribution in [3.63, 3.8) is 0 Å². The SMILES string of the molecule is CCN1CCC2(CC1)CN=C(c1cc3cccc(N)c3[nH]1)S2. The quantitative estimate of drug-likeness (QED) is 0.838. The van der Waals surface area contributed by atoms with E-state index < -0.39 is 0 Å². The number of thioether (sulfide) groups is 1. The molecule has 2 aliphatic rings. The number of fused-ring (bicyclic) bond motifs is 1. The summed E-state index contributed by atoms with van der Waals surface area (Å²) in [5, 5.41) is 2.32. The van der Waals surface area contributed by atoms with Crippen LogP contribution in [0.2, 0.25) is 0 Å². The van der Waals surface area contributed by atoms with Crippen molar-refractivity contribution < 1.29 is 0 Å². The molecule has 1 saturated heterocycles. The molecule has 3 N–H and O–H groups in total. The maximum absolute atomic E-state index is 6.05. The van der Waals surface area contributed by atoms with E-state index in [4.69, 9.17) is 10.7 Å². The van der Waals surface area contributed by atoms with Crippen LogP contribution in [0.25, 0.3) is 10.9 Å². The van der Waals surface area contributed by atoms with Crippen LogP contribution >= 0.6 is 11.8 Å². The van der Waals surface area contributed by atoms with Crippen molar-refractivity contribution >= 4 is 33.4 Å². The van der Waals surface area contributed by atoms with Gasteiger partial charge >= 0.3 is 0 Å². The van der Waals surface area contributed by atoms with Crippen LogP contribution in [0.1, 0.15) is 25.5 Å². The zero-order valence-electron chi connectivity index (χ0n) is 12.9. The van der Waals surface area contributed by atoms with Gasteiger partial charge in [0.15, 0.2) is 0 Å². The summed E-state index contributed by atoms with van der Waals surface area (Å²) in [6.07, 6.45) is 2.47. The number of nitrogens with two attached hydrogens (primary N) is 1. The minimum absolute atomic E-state index is 0.323. The molecule has 4 nitrogen and oxygen atoms in total. The number of piperidine rings is 1. The lowest BCUT2D eigenvalue weighted by Gasteiger charge is -2.37. The number of hydrogen-bond acceptors (Lipinski definition) is 4. The number of benzene rings is 1. The van der Waals surface area contributed by atoms with Crippen LogP contribution in [0.3, 0.4) is 0 Å². The molecule has 2 aromatic rings. The standard InChI is InChI=1S/C17H22N4S/c1-2-21-8-6-17(7-9-21)11-19-16(22-17)14-10-12-4-3-5-13(18)15(12)20-14/h3-5,10,20H,2,6-9,11,18H2,1H3. The molecule has 4 rings (SSSR count). The van der Waals surface area contributed by atoms with Crippen molar-refractivity contribution in [3.8, 4) is 0 Å². The second-order valence-electron chi connectivity index (χ2n) is 6.34. The number of nitrogen functional groups attached to an aromatic ring is 1. The monoisotopic (exact) mass is 314 g/mol. The summed E-state index contributed by atoms with van der Waals surface area (Å²) in [7, 11) is 0. The maximum atomic E-state index is 6.05. The summed E-state index contributed by atoms with van der Waals surface area (Å²) in [4.78, 5) is 10.8. The lowest BCUT2D eigenvalue weighted by molar-refractivity contribution is 0.213. The predicted octanol–water partition coefficient (Wildman–Crippen LogP) is 3.10. The largest absolute Gasteiger partial charge is 0.397 e. The van der Waals surface area contributed by atoms with Gasteiger partial charge in [-0.25, -0.2) is 0 Å². The van der Waals surface area contributed by atoms with Crippen LogP contribution in [-0.2, 0) is 0 Å². The van der Waals surface area contributed by atoms with Gasteiger partial charge in [-0.15, -0.1) is 0 Å². The number of H-pyrrole nitrogens is 1. The first kappa shape index (κ1) is 14.2. The Hall–Kier alpha value is -1.46. The zero-order chi connectivity index (χ0) is 15.2. The summed E-state index contributed by atoms with van der Waals surface area (Å²) in [6, 6.07) is 8.22. The van der Waals surface area contributed by atoms with Crippen molar-refractivity contribution in [2.75, 3.05) is 31.9 Å². The molecule has 116 valence electrons. The fraction of sp³-hybridized carbons (Fsp3) is 0.471. The van der Waals surface area contributed by atoms with Gasteiger partial charge in [0.05, 0.1) is 23.4 Å². The first-order valence-corrected chi connectivity index (χ1v) is 8.84. The molecular weight excluding hydrogens is 292 g/mol. The van der Waals surface area contributed by atoms with Gasteiger partial charge in [0, 0.05) is 10.1 Å². The third-order valence-electron chi connectivity index (χ3n) is 4.96. The molecule has 1 aromatic heterocycles. The van der Waals surface area contributed by atoms with Crippen LogP contribution in [0.5, 0.6) is 0 Å². The molecule has 0 aliphatic carbocycles. The number of anilines is 1. The van der Waals surface area contributed by atoms with E-state index >= 15 is 0 Å². The van der Waals surface area contributed by atoms with Gasteiger partial charge in [-0.05, 0) is 44.6 Å². The molecule has 1 spiro atoms. The number of rotatable bonds is 2. The van der Waals surface area contributed by atoms with Crippen LogP contribution in [0.15, 0.2) is 29.3 Å². The van der Waals surface area contributed by atoms with Crippen LogP contribution in [0.4, 0.5) is 5.69 Å². The van der Waals surface area contributed by atoms with Crippen LogP contribution in [-0.4, -0.2) is 45.9 Å². The lowest BCUT2D eigenvalue weighted by Crippen LogP contribution is -2.43. The Kier molecular flexibility index (Phi) is 3.42. The molecule has 0 atom stereocenters.